The van der Waals surface area contributed by atoms with Crippen molar-refractivity contribution in [2.45, 2.75) is 26.2 Å². The zero-order valence-electron chi connectivity index (χ0n) is 9.88. The summed E-state index contributed by atoms with van der Waals surface area (Å²) in [5.41, 5.74) is 0.227. The average Bonchev–Trinajstić information content (AvgIpc) is 2.17. The number of benzene rings is 1. The van der Waals surface area contributed by atoms with Crippen LogP contribution in [0.2, 0.25) is 0 Å². The minimum absolute atomic E-state index is 0.193. The molecule has 1 N–H and O–H groups in total. The van der Waals surface area contributed by atoms with Gasteiger partial charge in [0.25, 0.3) is 0 Å². The predicted molar refractivity (Wildman–Crippen MR) is 65.9 cm³/mol. The van der Waals surface area contributed by atoms with E-state index in [1.165, 1.54) is 6.07 Å². The van der Waals surface area contributed by atoms with Crippen LogP contribution in [-0.2, 0) is 10.2 Å². The first-order chi connectivity index (χ1) is 7.71. The zero-order valence-corrected chi connectivity index (χ0v) is 11.5. The summed E-state index contributed by atoms with van der Waals surface area (Å²) in [4.78, 5) is 10.4. The van der Waals surface area contributed by atoms with Gasteiger partial charge in [-0.1, -0.05) is 20.8 Å². The first kappa shape index (κ1) is 14.0. The van der Waals surface area contributed by atoms with Crippen LogP contribution in [0.5, 0.6) is 5.75 Å². The molecule has 0 amide bonds. The van der Waals surface area contributed by atoms with Crippen molar-refractivity contribution in [2.24, 2.45) is 0 Å². The quantitative estimate of drug-likeness (QED) is 0.931. The molecule has 3 nitrogen and oxygen atoms in total. The number of hydrogen-bond acceptors (Lipinski definition) is 2. The van der Waals surface area contributed by atoms with E-state index in [1.54, 1.807) is 6.07 Å². The summed E-state index contributed by atoms with van der Waals surface area (Å²) in [6.45, 7) is 5.20. The standard InChI is InChI=1S/C12H14BrFO3/c1-12(2,3)7-4-8(13)10(5-9(7)14)17-6-11(15)16/h4-5H,6H2,1-3H3,(H,15,16). The predicted octanol–water partition coefficient (Wildman–Crippen LogP) is 3.35. The lowest BCUT2D eigenvalue weighted by Gasteiger charge is -2.21. The zero-order chi connectivity index (χ0) is 13.2. The van der Waals surface area contributed by atoms with Crippen LogP contribution in [0.3, 0.4) is 0 Å². The summed E-state index contributed by atoms with van der Waals surface area (Å²) >= 11 is 3.24. The van der Waals surface area contributed by atoms with Crippen molar-refractivity contribution in [3.8, 4) is 5.75 Å². The number of carboxylic acids is 1. The first-order valence-corrected chi connectivity index (χ1v) is 5.85. The Hall–Kier alpha value is -1.10. The molecule has 0 radical (unpaired) electrons. The second kappa shape index (κ2) is 5.04. The maximum atomic E-state index is 13.8. The van der Waals surface area contributed by atoms with Gasteiger partial charge in [0.2, 0.25) is 0 Å². The molecule has 0 aliphatic heterocycles. The molecule has 0 heterocycles. The molecule has 0 aromatic heterocycles. The Kier molecular flexibility index (Phi) is 4.14. The van der Waals surface area contributed by atoms with Gasteiger partial charge in [-0.15, -0.1) is 0 Å². The molecular weight excluding hydrogens is 291 g/mol. The molecule has 94 valence electrons. The SMILES string of the molecule is CC(C)(C)c1cc(Br)c(OCC(=O)O)cc1F. The number of carboxylic acid groups (broad SMARTS) is 1. The van der Waals surface area contributed by atoms with Crippen LogP contribution in [-0.4, -0.2) is 17.7 Å². The molecule has 0 bridgehead atoms. The van der Waals surface area contributed by atoms with Gasteiger partial charge in [0, 0.05) is 6.07 Å². The summed E-state index contributed by atoms with van der Waals surface area (Å²) in [6.07, 6.45) is 0. The molecule has 17 heavy (non-hydrogen) atoms. The molecule has 1 rings (SSSR count). The van der Waals surface area contributed by atoms with E-state index in [2.05, 4.69) is 15.9 Å². The van der Waals surface area contributed by atoms with Gasteiger partial charge in [-0.3, -0.25) is 0 Å². The first-order valence-electron chi connectivity index (χ1n) is 5.06. The highest BCUT2D eigenvalue weighted by Gasteiger charge is 2.20. The summed E-state index contributed by atoms with van der Waals surface area (Å²) in [5.74, 6) is -1.31. The molecule has 1 aromatic rings. The highest BCUT2D eigenvalue weighted by atomic mass is 79.9. The molecule has 0 aliphatic rings. The van der Waals surface area contributed by atoms with Gasteiger partial charge in [0.05, 0.1) is 4.47 Å². The number of carbonyl (C=O) groups is 1. The molecule has 0 fully saturated rings. The average molecular weight is 305 g/mol. The van der Waals surface area contributed by atoms with Crippen LogP contribution in [0.25, 0.3) is 0 Å². The normalized spacial score (nSPS) is 11.4. The second-order valence-electron chi connectivity index (χ2n) is 4.69. The number of aliphatic carboxylic acids is 1. The van der Waals surface area contributed by atoms with E-state index in [1.807, 2.05) is 20.8 Å². The Labute approximate surface area is 108 Å². The third-order valence-corrected chi connectivity index (χ3v) is 2.80. The van der Waals surface area contributed by atoms with E-state index in [0.29, 0.717) is 10.0 Å². The van der Waals surface area contributed by atoms with Gasteiger partial charge in [-0.2, -0.15) is 0 Å². The van der Waals surface area contributed by atoms with Crippen LogP contribution in [0.15, 0.2) is 16.6 Å². The lowest BCUT2D eigenvalue weighted by atomic mass is 9.86. The Morgan fingerprint density at radius 1 is 1.47 bits per heavy atom. The summed E-state index contributed by atoms with van der Waals surface area (Å²) in [5, 5.41) is 8.48. The van der Waals surface area contributed by atoms with E-state index >= 15 is 0 Å². The molecule has 0 unspecified atom stereocenters. The third-order valence-electron chi connectivity index (χ3n) is 2.18. The van der Waals surface area contributed by atoms with Crippen molar-refractivity contribution in [3.05, 3.63) is 28.0 Å². The van der Waals surface area contributed by atoms with Crippen molar-refractivity contribution in [3.63, 3.8) is 0 Å². The Balaban J connectivity index is 3.06. The molecular formula is C12H14BrFO3. The Bertz CT molecular complexity index is 438. The summed E-state index contributed by atoms with van der Waals surface area (Å²) < 4.78 is 19.3. The van der Waals surface area contributed by atoms with E-state index < -0.39 is 18.4 Å². The lowest BCUT2D eigenvalue weighted by molar-refractivity contribution is -0.139. The van der Waals surface area contributed by atoms with E-state index in [9.17, 15) is 9.18 Å². The fourth-order valence-electron chi connectivity index (χ4n) is 1.35. The maximum Gasteiger partial charge on any atom is 0.341 e. The largest absolute Gasteiger partial charge is 0.481 e. The van der Waals surface area contributed by atoms with Crippen molar-refractivity contribution in [1.82, 2.24) is 0 Å². The monoisotopic (exact) mass is 304 g/mol. The summed E-state index contributed by atoms with van der Waals surface area (Å²) in [7, 11) is 0. The van der Waals surface area contributed by atoms with Crippen molar-refractivity contribution < 1.29 is 19.0 Å². The Morgan fingerprint density at radius 2 is 2.06 bits per heavy atom. The van der Waals surface area contributed by atoms with E-state index in [0.717, 1.165) is 0 Å². The molecule has 0 saturated heterocycles. The number of rotatable bonds is 3. The molecule has 0 saturated carbocycles. The van der Waals surface area contributed by atoms with Gasteiger partial charge >= 0.3 is 5.97 Å². The van der Waals surface area contributed by atoms with E-state index in [4.69, 9.17) is 9.84 Å². The number of halogens is 2. The van der Waals surface area contributed by atoms with E-state index in [-0.39, 0.29) is 11.2 Å². The number of ether oxygens (including phenoxy) is 1. The lowest BCUT2D eigenvalue weighted by Crippen LogP contribution is -2.15. The molecule has 0 spiro atoms. The molecule has 1 aromatic carbocycles. The van der Waals surface area contributed by atoms with Gasteiger partial charge in [-0.25, -0.2) is 9.18 Å². The third kappa shape index (κ3) is 3.70. The van der Waals surface area contributed by atoms with Crippen LogP contribution in [0, 0.1) is 5.82 Å². The fourth-order valence-corrected chi connectivity index (χ4v) is 1.81. The van der Waals surface area contributed by atoms with Crippen LogP contribution < -0.4 is 4.74 Å². The van der Waals surface area contributed by atoms with Crippen LogP contribution in [0.1, 0.15) is 26.3 Å². The highest BCUT2D eigenvalue weighted by Crippen LogP contribution is 2.33. The Morgan fingerprint density at radius 3 is 2.53 bits per heavy atom. The van der Waals surface area contributed by atoms with Gasteiger partial charge < -0.3 is 9.84 Å². The second-order valence-corrected chi connectivity index (χ2v) is 5.55. The minimum Gasteiger partial charge on any atom is -0.481 e. The summed E-state index contributed by atoms with van der Waals surface area (Å²) in [6, 6.07) is 2.82. The van der Waals surface area contributed by atoms with Crippen molar-refractivity contribution in [2.75, 3.05) is 6.61 Å². The highest BCUT2D eigenvalue weighted by molar-refractivity contribution is 9.10. The van der Waals surface area contributed by atoms with Gasteiger partial charge in [-0.05, 0) is 33.0 Å². The van der Waals surface area contributed by atoms with Crippen LogP contribution >= 0.6 is 15.9 Å². The van der Waals surface area contributed by atoms with Gasteiger partial charge in [0.1, 0.15) is 11.6 Å². The van der Waals surface area contributed by atoms with Gasteiger partial charge in [0.15, 0.2) is 6.61 Å². The van der Waals surface area contributed by atoms with Crippen molar-refractivity contribution >= 4 is 21.9 Å². The smallest absolute Gasteiger partial charge is 0.341 e. The number of hydrogen-bond donors (Lipinski definition) is 1. The maximum absolute atomic E-state index is 13.8. The topological polar surface area (TPSA) is 46.5 Å². The molecule has 5 heteroatoms. The minimum atomic E-state index is -1.10. The van der Waals surface area contributed by atoms with Crippen molar-refractivity contribution in [1.29, 1.82) is 0 Å². The van der Waals surface area contributed by atoms with Crippen LogP contribution in [0.4, 0.5) is 4.39 Å². The molecule has 0 aliphatic carbocycles. The molecule has 0 atom stereocenters. The fraction of sp³-hybridized carbons (Fsp3) is 0.417.